The summed E-state index contributed by atoms with van der Waals surface area (Å²) in [6, 6.07) is 4.70. The van der Waals surface area contributed by atoms with Crippen molar-refractivity contribution in [2.45, 2.75) is 40.2 Å². The highest BCUT2D eigenvalue weighted by Crippen LogP contribution is 2.31. The number of nitrogens with one attached hydrogen (secondary N) is 1. The molecule has 0 bridgehead atoms. The topological polar surface area (TPSA) is 17.0 Å². The highest BCUT2D eigenvalue weighted by molar-refractivity contribution is 6.32. The molecule has 0 radical (unpaired) electrons. The van der Waals surface area contributed by atoms with E-state index < -0.39 is 0 Å². The number of rotatable bonds is 4. The van der Waals surface area contributed by atoms with Crippen LogP contribution in [-0.2, 0) is 13.5 Å². The molecule has 3 heteroatoms. The van der Waals surface area contributed by atoms with Crippen molar-refractivity contribution in [3.05, 3.63) is 34.0 Å². The predicted octanol–water partition coefficient (Wildman–Crippen LogP) is 3.99. The molecule has 0 fully saturated rings. The second kappa shape index (κ2) is 5.56. The summed E-state index contributed by atoms with van der Waals surface area (Å²) < 4.78 is 2.27. The average Bonchev–Trinajstić information content (AvgIpc) is 2.59. The summed E-state index contributed by atoms with van der Waals surface area (Å²) in [4.78, 5) is 0. The molecule has 0 aliphatic heterocycles. The fourth-order valence-corrected chi connectivity index (χ4v) is 2.87. The van der Waals surface area contributed by atoms with Gasteiger partial charge in [0, 0.05) is 29.2 Å². The molecule has 19 heavy (non-hydrogen) atoms. The number of aryl methyl sites for hydroxylation is 2. The Kier molecular flexibility index (Phi) is 4.22. The van der Waals surface area contributed by atoms with Crippen LogP contribution in [0.3, 0.4) is 0 Å². The number of hydrogen-bond donors (Lipinski definition) is 1. The van der Waals surface area contributed by atoms with Crippen LogP contribution in [0.2, 0.25) is 5.02 Å². The minimum Gasteiger partial charge on any atom is -0.347 e. The van der Waals surface area contributed by atoms with Crippen LogP contribution in [0.5, 0.6) is 0 Å². The maximum absolute atomic E-state index is 6.24. The molecule has 1 heterocycles. The molecule has 0 spiro atoms. The van der Waals surface area contributed by atoms with E-state index in [0.717, 1.165) is 18.0 Å². The third kappa shape index (κ3) is 2.65. The fourth-order valence-electron chi connectivity index (χ4n) is 2.72. The largest absolute Gasteiger partial charge is 0.347 e. The molecule has 2 nitrogen and oxygen atoms in total. The zero-order chi connectivity index (χ0) is 14.2. The number of fused-ring (bicyclic) bond motifs is 1. The van der Waals surface area contributed by atoms with Crippen molar-refractivity contribution in [3.8, 4) is 0 Å². The average molecular weight is 279 g/mol. The van der Waals surface area contributed by atoms with Crippen molar-refractivity contribution in [1.29, 1.82) is 0 Å². The van der Waals surface area contributed by atoms with E-state index in [4.69, 9.17) is 11.6 Å². The van der Waals surface area contributed by atoms with E-state index in [-0.39, 0.29) is 0 Å². The minimum atomic E-state index is 0.534. The second-order valence-electron chi connectivity index (χ2n) is 5.55. The third-order valence-corrected chi connectivity index (χ3v) is 4.30. The lowest BCUT2D eigenvalue weighted by molar-refractivity contribution is 0.590. The first-order valence-electron chi connectivity index (χ1n) is 6.89. The summed E-state index contributed by atoms with van der Waals surface area (Å²) in [7, 11) is 2.13. The Labute approximate surface area is 120 Å². The quantitative estimate of drug-likeness (QED) is 0.895. The zero-order valence-corrected chi connectivity index (χ0v) is 13.2. The Balaban J connectivity index is 2.44. The van der Waals surface area contributed by atoms with Gasteiger partial charge in [-0.3, -0.25) is 0 Å². The van der Waals surface area contributed by atoms with E-state index in [1.165, 1.54) is 27.7 Å². The monoisotopic (exact) mass is 278 g/mol. The van der Waals surface area contributed by atoms with Crippen LogP contribution in [-0.4, -0.2) is 17.2 Å². The van der Waals surface area contributed by atoms with Crippen molar-refractivity contribution < 1.29 is 0 Å². The van der Waals surface area contributed by atoms with E-state index in [9.17, 15) is 0 Å². The van der Waals surface area contributed by atoms with Gasteiger partial charge in [0.2, 0.25) is 0 Å². The molecule has 2 aromatic rings. The number of aromatic nitrogens is 1. The SMILES string of the molecule is Cc1c(Cl)ccc2c(CCNC(C)C)c(C)n(C)c12. The maximum atomic E-state index is 6.24. The molecule has 0 saturated carbocycles. The van der Waals surface area contributed by atoms with Gasteiger partial charge < -0.3 is 9.88 Å². The predicted molar refractivity (Wildman–Crippen MR) is 84.2 cm³/mol. The van der Waals surface area contributed by atoms with Crippen LogP contribution in [0.4, 0.5) is 0 Å². The molecule has 0 amide bonds. The third-order valence-electron chi connectivity index (χ3n) is 3.89. The first kappa shape index (κ1) is 14.4. The maximum Gasteiger partial charge on any atom is 0.0527 e. The van der Waals surface area contributed by atoms with E-state index >= 15 is 0 Å². The number of hydrogen-bond acceptors (Lipinski definition) is 1. The molecule has 0 aliphatic rings. The lowest BCUT2D eigenvalue weighted by Gasteiger charge is -2.08. The van der Waals surface area contributed by atoms with Gasteiger partial charge in [0.25, 0.3) is 0 Å². The molecule has 104 valence electrons. The van der Waals surface area contributed by atoms with Crippen LogP contribution < -0.4 is 5.32 Å². The molecular formula is C16H23ClN2. The lowest BCUT2D eigenvalue weighted by Crippen LogP contribution is -2.25. The molecule has 1 aromatic carbocycles. The van der Waals surface area contributed by atoms with Gasteiger partial charge >= 0.3 is 0 Å². The summed E-state index contributed by atoms with van der Waals surface area (Å²) in [6.45, 7) is 9.66. The van der Waals surface area contributed by atoms with E-state index in [1.54, 1.807) is 0 Å². The second-order valence-corrected chi connectivity index (χ2v) is 5.96. The van der Waals surface area contributed by atoms with Crippen molar-refractivity contribution in [2.75, 3.05) is 6.54 Å². The first-order valence-corrected chi connectivity index (χ1v) is 7.27. The van der Waals surface area contributed by atoms with Crippen LogP contribution in [0.15, 0.2) is 12.1 Å². The van der Waals surface area contributed by atoms with Crippen molar-refractivity contribution in [1.82, 2.24) is 9.88 Å². The first-order chi connectivity index (χ1) is 8.93. The van der Waals surface area contributed by atoms with Crippen molar-refractivity contribution in [2.24, 2.45) is 7.05 Å². The minimum absolute atomic E-state index is 0.534. The Hall–Kier alpha value is -0.990. The number of halogens is 1. The Morgan fingerprint density at radius 1 is 1.26 bits per heavy atom. The smallest absolute Gasteiger partial charge is 0.0527 e. The van der Waals surface area contributed by atoms with Gasteiger partial charge in [0.05, 0.1) is 5.52 Å². The Morgan fingerprint density at radius 2 is 1.95 bits per heavy atom. The van der Waals surface area contributed by atoms with E-state index in [0.29, 0.717) is 6.04 Å². The van der Waals surface area contributed by atoms with Gasteiger partial charge in [-0.15, -0.1) is 0 Å². The molecule has 0 atom stereocenters. The van der Waals surface area contributed by atoms with Crippen LogP contribution in [0, 0.1) is 13.8 Å². The lowest BCUT2D eigenvalue weighted by atomic mass is 10.1. The standard InChI is InChI=1S/C16H23ClN2/c1-10(2)18-9-8-13-12(4)19(5)16-11(3)15(17)7-6-14(13)16/h6-7,10,18H,8-9H2,1-5H3. The molecule has 0 aliphatic carbocycles. The van der Waals surface area contributed by atoms with Gasteiger partial charge in [-0.1, -0.05) is 31.5 Å². The van der Waals surface area contributed by atoms with Crippen LogP contribution >= 0.6 is 11.6 Å². The number of benzene rings is 1. The summed E-state index contributed by atoms with van der Waals surface area (Å²) in [5.41, 5.74) is 5.22. The van der Waals surface area contributed by atoms with Gasteiger partial charge in [0.15, 0.2) is 0 Å². The summed E-state index contributed by atoms with van der Waals surface area (Å²) in [6.07, 6.45) is 1.06. The number of nitrogens with zero attached hydrogens (tertiary/aromatic N) is 1. The molecule has 0 saturated heterocycles. The van der Waals surface area contributed by atoms with E-state index in [1.807, 2.05) is 6.07 Å². The van der Waals surface area contributed by atoms with Gasteiger partial charge in [-0.25, -0.2) is 0 Å². The normalized spacial score (nSPS) is 11.7. The van der Waals surface area contributed by atoms with Gasteiger partial charge in [-0.05, 0) is 44.0 Å². The van der Waals surface area contributed by atoms with Gasteiger partial charge in [-0.2, -0.15) is 0 Å². The van der Waals surface area contributed by atoms with Crippen LogP contribution in [0.25, 0.3) is 10.9 Å². The molecular weight excluding hydrogens is 256 g/mol. The highest BCUT2D eigenvalue weighted by Gasteiger charge is 2.14. The Bertz CT molecular complexity index is 597. The van der Waals surface area contributed by atoms with Crippen molar-refractivity contribution >= 4 is 22.5 Å². The summed E-state index contributed by atoms with van der Waals surface area (Å²) >= 11 is 6.24. The zero-order valence-electron chi connectivity index (χ0n) is 12.5. The fraction of sp³-hybridized carbons (Fsp3) is 0.500. The molecule has 0 unspecified atom stereocenters. The highest BCUT2D eigenvalue weighted by atomic mass is 35.5. The molecule has 1 N–H and O–H groups in total. The van der Waals surface area contributed by atoms with Crippen molar-refractivity contribution in [3.63, 3.8) is 0 Å². The summed E-state index contributed by atoms with van der Waals surface area (Å²) in [5, 5.41) is 5.67. The molecule has 2 rings (SSSR count). The summed E-state index contributed by atoms with van der Waals surface area (Å²) in [5.74, 6) is 0. The van der Waals surface area contributed by atoms with Crippen LogP contribution in [0.1, 0.15) is 30.7 Å². The Morgan fingerprint density at radius 3 is 2.58 bits per heavy atom. The molecule has 1 aromatic heterocycles. The van der Waals surface area contributed by atoms with Gasteiger partial charge in [0.1, 0.15) is 0 Å². The van der Waals surface area contributed by atoms with E-state index in [2.05, 4.69) is 50.7 Å².